The number of hydrogen-bond acceptors (Lipinski definition) is 6. The molecule has 2 atom stereocenters. The molecule has 196 valence electrons. The lowest BCUT2D eigenvalue weighted by atomic mass is 9.95. The van der Waals surface area contributed by atoms with Gasteiger partial charge in [0.25, 0.3) is 0 Å². The number of rotatable bonds is 10. The van der Waals surface area contributed by atoms with E-state index in [1.807, 2.05) is 44.2 Å². The van der Waals surface area contributed by atoms with Gasteiger partial charge in [-0.3, -0.25) is 9.59 Å². The summed E-state index contributed by atoms with van der Waals surface area (Å²) in [6.45, 7) is 10.9. The van der Waals surface area contributed by atoms with E-state index < -0.39 is 29.7 Å². The molecular formula is C27H37N3O6. The molecule has 0 aliphatic heterocycles. The van der Waals surface area contributed by atoms with E-state index in [1.54, 1.807) is 39.8 Å². The lowest BCUT2D eigenvalue weighted by Gasteiger charge is -2.25. The van der Waals surface area contributed by atoms with Crippen LogP contribution in [0.25, 0.3) is 0 Å². The van der Waals surface area contributed by atoms with Gasteiger partial charge < -0.3 is 30.5 Å². The van der Waals surface area contributed by atoms with Gasteiger partial charge in [0, 0.05) is 6.42 Å². The summed E-state index contributed by atoms with van der Waals surface area (Å²) < 4.78 is 10.9. The van der Waals surface area contributed by atoms with Crippen molar-refractivity contribution >= 4 is 17.9 Å². The van der Waals surface area contributed by atoms with Gasteiger partial charge in [0.2, 0.25) is 11.8 Å². The van der Waals surface area contributed by atoms with Gasteiger partial charge in [0.15, 0.2) is 0 Å². The number of carbonyl (C=O) groups is 3. The summed E-state index contributed by atoms with van der Waals surface area (Å²) in [6.07, 6.45) is -0.589. The second kappa shape index (κ2) is 12.8. The molecule has 3 amide bonds. The van der Waals surface area contributed by atoms with Gasteiger partial charge in [-0.1, -0.05) is 18.2 Å². The molecule has 9 nitrogen and oxygen atoms in total. The van der Waals surface area contributed by atoms with E-state index >= 15 is 0 Å². The van der Waals surface area contributed by atoms with Gasteiger partial charge >= 0.3 is 6.09 Å². The third kappa shape index (κ3) is 9.48. The van der Waals surface area contributed by atoms with Crippen molar-refractivity contribution in [3.05, 3.63) is 59.2 Å². The van der Waals surface area contributed by atoms with Crippen LogP contribution >= 0.6 is 0 Å². The van der Waals surface area contributed by atoms with Crippen molar-refractivity contribution < 1.29 is 29.0 Å². The Morgan fingerprint density at radius 2 is 1.58 bits per heavy atom. The Hall–Kier alpha value is -3.75. The van der Waals surface area contributed by atoms with E-state index in [-0.39, 0.29) is 31.2 Å². The van der Waals surface area contributed by atoms with Gasteiger partial charge in [-0.2, -0.15) is 0 Å². The summed E-state index contributed by atoms with van der Waals surface area (Å²) in [5, 5.41) is 17.9. The van der Waals surface area contributed by atoms with E-state index in [4.69, 9.17) is 9.47 Å². The van der Waals surface area contributed by atoms with E-state index in [9.17, 15) is 19.5 Å². The number of alkyl carbamates (subject to hydrolysis) is 1. The molecule has 0 radical (unpaired) electrons. The highest BCUT2D eigenvalue weighted by atomic mass is 16.6. The Morgan fingerprint density at radius 3 is 2.17 bits per heavy atom. The second-order valence-electron chi connectivity index (χ2n) is 9.64. The molecule has 4 N–H and O–H groups in total. The Bertz CT molecular complexity index is 1030. The van der Waals surface area contributed by atoms with Crippen LogP contribution < -0.4 is 20.7 Å². The molecule has 0 fully saturated rings. The van der Waals surface area contributed by atoms with Crippen LogP contribution in [0.2, 0.25) is 0 Å². The molecule has 9 heteroatoms. The van der Waals surface area contributed by atoms with Crippen molar-refractivity contribution in [2.75, 3.05) is 13.2 Å². The number of carbonyl (C=O) groups excluding carboxylic acids is 3. The molecular weight excluding hydrogens is 462 g/mol. The van der Waals surface area contributed by atoms with Gasteiger partial charge in [0.1, 0.15) is 35.8 Å². The largest absolute Gasteiger partial charge is 0.508 e. The molecule has 0 saturated heterocycles. The first-order chi connectivity index (χ1) is 16.9. The number of aromatic hydroxyl groups is 1. The molecule has 0 bridgehead atoms. The summed E-state index contributed by atoms with van der Waals surface area (Å²) in [4.78, 5) is 38.1. The topological polar surface area (TPSA) is 126 Å². The zero-order valence-electron chi connectivity index (χ0n) is 21.8. The molecule has 1 unspecified atom stereocenters. The number of para-hydroxylation sites is 1. The molecule has 36 heavy (non-hydrogen) atoms. The van der Waals surface area contributed by atoms with Crippen molar-refractivity contribution in [1.82, 2.24) is 16.0 Å². The molecule has 0 heterocycles. The number of hydrogen-bond donors (Lipinski definition) is 4. The number of aryl methyl sites for hydroxylation is 2. The molecule has 0 aliphatic rings. The monoisotopic (exact) mass is 499 g/mol. The first-order valence-electron chi connectivity index (χ1n) is 11.9. The van der Waals surface area contributed by atoms with Crippen LogP contribution in [0.3, 0.4) is 0 Å². The highest BCUT2D eigenvalue weighted by molar-refractivity contribution is 5.91. The Kier molecular flexibility index (Phi) is 10.1. The Balaban J connectivity index is 2.02. The van der Waals surface area contributed by atoms with Crippen LogP contribution in [-0.2, 0) is 20.7 Å². The Labute approximate surface area is 212 Å². The van der Waals surface area contributed by atoms with Gasteiger partial charge in [-0.05, 0) is 82.5 Å². The third-order valence-corrected chi connectivity index (χ3v) is 5.26. The van der Waals surface area contributed by atoms with E-state index in [0.29, 0.717) is 5.75 Å². The molecule has 0 spiro atoms. The van der Waals surface area contributed by atoms with Crippen LogP contribution in [0.1, 0.15) is 44.4 Å². The normalized spacial score (nSPS) is 12.7. The lowest BCUT2D eigenvalue weighted by Crippen LogP contribution is -2.54. The smallest absolute Gasteiger partial charge is 0.408 e. The lowest BCUT2D eigenvalue weighted by molar-refractivity contribution is -0.129. The summed E-state index contributed by atoms with van der Waals surface area (Å²) in [6, 6.07) is 10.6. The van der Waals surface area contributed by atoms with Crippen LogP contribution in [0.5, 0.6) is 11.5 Å². The maximum atomic E-state index is 13.1. The average Bonchev–Trinajstić information content (AvgIpc) is 2.77. The van der Waals surface area contributed by atoms with Gasteiger partial charge in [0.05, 0.1) is 6.54 Å². The predicted octanol–water partition coefficient (Wildman–Crippen LogP) is 3.14. The summed E-state index contributed by atoms with van der Waals surface area (Å²) >= 11 is 0. The maximum absolute atomic E-state index is 13.1. The zero-order valence-corrected chi connectivity index (χ0v) is 21.8. The highest BCUT2D eigenvalue weighted by Gasteiger charge is 2.28. The minimum Gasteiger partial charge on any atom is -0.508 e. The average molecular weight is 500 g/mol. The fraction of sp³-hybridized carbons (Fsp3) is 0.444. The van der Waals surface area contributed by atoms with Gasteiger partial charge in [-0.25, -0.2) is 4.79 Å². The second-order valence-corrected chi connectivity index (χ2v) is 9.64. The minimum atomic E-state index is -1.00. The predicted molar refractivity (Wildman–Crippen MR) is 137 cm³/mol. The number of phenolic OH excluding ortho intramolecular Hbond substituents is 1. The minimum absolute atomic E-state index is 0.122. The molecule has 2 aromatic rings. The number of nitrogens with one attached hydrogen (secondary N) is 3. The SMILES string of the molecule is Cc1cc(O)cc(C)c1CC(NC(=O)OC(C)(C)C)C(=O)N[C@H](C)C(=O)NCCOc1ccccc1. The van der Waals surface area contributed by atoms with Crippen LogP contribution in [0.15, 0.2) is 42.5 Å². The number of benzene rings is 2. The first-order valence-corrected chi connectivity index (χ1v) is 11.9. The number of ether oxygens (including phenoxy) is 2. The van der Waals surface area contributed by atoms with Crippen molar-refractivity contribution in [2.45, 2.75) is 65.6 Å². The molecule has 2 aromatic carbocycles. The van der Waals surface area contributed by atoms with Crippen LogP contribution in [-0.4, -0.2) is 53.9 Å². The zero-order chi connectivity index (χ0) is 26.9. The first kappa shape index (κ1) is 28.5. The van der Waals surface area contributed by atoms with Gasteiger partial charge in [-0.15, -0.1) is 0 Å². The van der Waals surface area contributed by atoms with E-state index in [1.165, 1.54) is 0 Å². The van der Waals surface area contributed by atoms with Crippen LogP contribution in [0, 0.1) is 13.8 Å². The van der Waals surface area contributed by atoms with Crippen molar-refractivity contribution in [2.24, 2.45) is 0 Å². The number of phenols is 1. The summed E-state index contributed by atoms with van der Waals surface area (Å²) in [5.74, 6) is -0.0932. The Morgan fingerprint density at radius 1 is 0.972 bits per heavy atom. The molecule has 0 aromatic heterocycles. The number of amides is 3. The molecule has 2 rings (SSSR count). The maximum Gasteiger partial charge on any atom is 0.408 e. The fourth-order valence-electron chi connectivity index (χ4n) is 3.55. The molecule has 0 aliphatic carbocycles. The van der Waals surface area contributed by atoms with Crippen molar-refractivity contribution in [3.8, 4) is 11.5 Å². The summed E-state index contributed by atoms with van der Waals surface area (Å²) in [5.41, 5.74) is 1.62. The third-order valence-electron chi connectivity index (χ3n) is 5.26. The summed E-state index contributed by atoms with van der Waals surface area (Å²) in [7, 11) is 0. The van der Waals surface area contributed by atoms with Crippen molar-refractivity contribution in [3.63, 3.8) is 0 Å². The standard InChI is InChI=1S/C27H37N3O6/c1-17-14-20(31)15-18(2)22(17)16-23(30-26(34)36-27(4,5)6)25(33)29-19(3)24(32)28-12-13-35-21-10-8-7-9-11-21/h7-11,14-15,19,23,31H,12-13,16H2,1-6H3,(H,28,32)(H,29,33)(H,30,34)/t19-,23?/m1/s1. The molecule has 0 saturated carbocycles. The fourth-order valence-corrected chi connectivity index (χ4v) is 3.55. The van der Waals surface area contributed by atoms with E-state index in [2.05, 4.69) is 16.0 Å². The quantitative estimate of drug-likeness (QED) is 0.372. The highest BCUT2D eigenvalue weighted by Crippen LogP contribution is 2.22. The van der Waals surface area contributed by atoms with Crippen LogP contribution in [0.4, 0.5) is 4.79 Å². The van der Waals surface area contributed by atoms with E-state index in [0.717, 1.165) is 16.7 Å². The van der Waals surface area contributed by atoms with Crippen molar-refractivity contribution in [1.29, 1.82) is 0 Å².